The lowest BCUT2D eigenvalue weighted by Crippen LogP contribution is -2.26. The van der Waals surface area contributed by atoms with Crippen LogP contribution in [-0.2, 0) is 4.79 Å². The van der Waals surface area contributed by atoms with Gasteiger partial charge in [-0.3, -0.25) is 14.9 Å². The van der Waals surface area contributed by atoms with Gasteiger partial charge in [-0.1, -0.05) is 27.5 Å². The van der Waals surface area contributed by atoms with Gasteiger partial charge in [0.15, 0.2) is 0 Å². The number of hydrogen-bond acceptors (Lipinski definition) is 3. The minimum Gasteiger partial charge on any atom is -0.305 e. The first kappa shape index (κ1) is 14.2. The largest absolute Gasteiger partial charge is 0.305 e. The van der Waals surface area contributed by atoms with Crippen LogP contribution in [0.4, 0.5) is 15.8 Å². The molecule has 0 aromatic heterocycles. The monoisotopic (exact) mass is 350 g/mol. The van der Waals surface area contributed by atoms with E-state index in [9.17, 15) is 19.3 Å². The Morgan fingerprint density at radius 1 is 1.58 bits per heavy atom. The number of alkyl halides is 1. The first-order valence-corrected chi connectivity index (χ1v) is 6.93. The maximum absolute atomic E-state index is 13.2. The molecule has 1 unspecified atom stereocenters. The van der Waals surface area contributed by atoms with E-state index in [-0.39, 0.29) is 29.0 Å². The molecule has 19 heavy (non-hydrogen) atoms. The zero-order chi connectivity index (χ0) is 14.2. The molecule has 0 aliphatic carbocycles. The summed E-state index contributed by atoms with van der Waals surface area (Å²) in [5.41, 5.74) is -0.518. The van der Waals surface area contributed by atoms with Crippen LogP contribution in [0.15, 0.2) is 12.1 Å². The molecule has 8 heteroatoms. The van der Waals surface area contributed by atoms with Crippen LogP contribution in [0.2, 0.25) is 5.02 Å². The predicted octanol–water partition coefficient (Wildman–Crippen LogP) is 3.14. The fourth-order valence-electron chi connectivity index (χ4n) is 2.06. The summed E-state index contributed by atoms with van der Waals surface area (Å²) in [6.07, 6.45) is 0.288. The van der Waals surface area contributed by atoms with E-state index in [2.05, 4.69) is 15.9 Å². The molecule has 0 spiro atoms. The molecule has 102 valence electrons. The van der Waals surface area contributed by atoms with Crippen LogP contribution in [0, 0.1) is 21.8 Å². The minimum absolute atomic E-state index is 0.0264. The van der Waals surface area contributed by atoms with E-state index >= 15 is 0 Å². The molecule has 0 bridgehead atoms. The fourth-order valence-corrected chi connectivity index (χ4v) is 2.80. The second-order valence-electron chi connectivity index (χ2n) is 4.24. The van der Waals surface area contributed by atoms with E-state index in [0.29, 0.717) is 11.9 Å². The maximum Gasteiger partial charge on any atom is 0.297 e. The summed E-state index contributed by atoms with van der Waals surface area (Å²) in [4.78, 5) is 23.4. The molecule has 5 nitrogen and oxygen atoms in total. The second kappa shape index (κ2) is 5.42. The van der Waals surface area contributed by atoms with Crippen LogP contribution >= 0.6 is 27.5 Å². The smallest absolute Gasteiger partial charge is 0.297 e. The molecule has 0 radical (unpaired) electrons. The number of nitrogens with zero attached hydrogens (tertiary/aromatic N) is 2. The highest BCUT2D eigenvalue weighted by Crippen LogP contribution is 2.39. The fraction of sp³-hybridized carbons (Fsp3) is 0.364. The first-order chi connectivity index (χ1) is 8.93. The van der Waals surface area contributed by atoms with Crippen molar-refractivity contribution in [1.29, 1.82) is 0 Å². The lowest BCUT2D eigenvalue weighted by molar-refractivity contribution is -0.384. The van der Waals surface area contributed by atoms with Crippen LogP contribution in [0.5, 0.6) is 0 Å². The molecule has 1 aliphatic rings. The molecule has 0 N–H and O–H groups in total. The van der Waals surface area contributed by atoms with Crippen molar-refractivity contribution in [2.24, 2.45) is 5.92 Å². The third kappa shape index (κ3) is 2.71. The van der Waals surface area contributed by atoms with Gasteiger partial charge in [0, 0.05) is 18.3 Å². The number of amides is 1. The topological polar surface area (TPSA) is 63.5 Å². The molecule has 1 aromatic rings. The van der Waals surface area contributed by atoms with E-state index in [1.54, 1.807) is 0 Å². The number of rotatable bonds is 3. The van der Waals surface area contributed by atoms with E-state index in [1.165, 1.54) is 4.90 Å². The highest BCUT2D eigenvalue weighted by atomic mass is 79.9. The Morgan fingerprint density at radius 3 is 2.79 bits per heavy atom. The molecule has 1 atom stereocenters. The van der Waals surface area contributed by atoms with Gasteiger partial charge in [0.2, 0.25) is 5.91 Å². The molecule has 1 fully saturated rings. The summed E-state index contributed by atoms with van der Waals surface area (Å²) in [7, 11) is 0. The van der Waals surface area contributed by atoms with Crippen LogP contribution in [-0.4, -0.2) is 22.7 Å². The predicted molar refractivity (Wildman–Crippen MR) is 72.3 cm³/mol. The highest BCUT2D eigenvalue weighted by molar-refractivity contribution is 9.09. The van der Waals surface area contributed by atoms with Crippen LogP contribution in [0.1, 0.15) is 6.42 Å². The van der Waals surface area contributed by atoms with Gasteiger partial charge >= 0.3 is 0 Å². The van der Waals surface area contributed by atoms with Gasteiger partial charge in [0.1, 0.15) is 11.5 Å². The molecule has 1 saturated heterocycles. The van der Waals surface area contributed by atoms with Crippen LogP contribution in [0.25, 0.3) is 0 Å². The molecule has 1 heterocycles. The average Bonchev–Trinajstić information content (AvgIpc) is 2.69. The van der Waals surface area contributed by atoms with Gasteiger partial charge in [0.05, 0.1) is 16.0 Å². The second-order valence-corrected chi connectivity index (χ2v) is 5.30. The summed E-state index contributed by atoms with van der Waals surface area (Å²) in [5, 5.41) is 11.5. The van der Waals surface area contributed by atoms with E-state index in [1.807, 2.05) is 0 Å². The molecule has 2 rings (SSSR count). The van der Waals surface area contributed by atoms with Crippen LogP contribution in [0.3, 0.4) is 0 Å². The molecule has 1 aliphatic heterocycles. The Labute approximate surface area is 121 Å². The number of nitro benzene ring substituents is 1. The lowest BCUT2D eigenvalue weighted by atomic mass is 10.2. The van der Waals surface area contributed by atoms with Crippen molar-refractivity contribution in [2.75, 3.05) is 16.8 Å². The van der Waals surface area contributed by atoms with Crippen molar-refractivity contribution in [3.05, 3.63) is 33.1 Å². The summed E-state index contributed by atoms with van der Waals surface area (Å²) < 4.78 is 13.2. The Kier molecular flexibility index (Phi) is 4.05. The Balaban J connectivity index is 2.50. The van der Waals surface area contributed by atoms with E-state index in [0.717, 1.165) is 12.1 Å². The quantitative estimate of drug-likeness (QED) is 0.477. The number of benzene rings is 1. The normalized spacial score (nSPS) is 19.0. The summed E-state index contributed by atoms with van der Waals surface area (Å²) in [6.45, 7) is 0.330. The van der Waals surface area contributed by atoms with E-state index < -0.39 is 16.4 Å². The van der Waals surface area contributed by atoms with Gasteiger partial charge < -0.3 is 4.90 Å². The number of nitro groups is 1. The summed E-state index contributed by atoms with van der Waals surface area (Å²) in [5.74, 6) is -0.988. The van der Waals surface area contributed by atoms with Crippen molar-refractivity contribution in [1.82, 2.24) is 0 Å². The van der Waals surface area contributed by atoms with Gasteiger partial charge in [-0.2, -0.15) is 0 Å². The number of halogens is 3. The first-order valence-electron chi connectivity index (χ1n) is 5.43. The number of carbonyl (C=O) groups is 1. The lowest BCUT2D eigenvalue weighted by Gasteiger charge is -2.17. The number of carbonyl (C=O) groups excluding carboxylic acids is 1. The zero-order valence-electron chi connectivity index (χ0n) is 9.61. The van der Waals surface area contributed by atoms with Crippen molar-refractivity contribution in [2.45, 2.75) is 6.42 Å². The van der Waals surface area contributed by atoms with Crippen LogP contribution < -0.4 is 4.90 Å². The highest BCUT2D eigenvalue weighted by Gasteiger charge is 2.35. The van der Waals surface area contributed by atoms with Crippen molar-refractivity contribution in [3.8, 4) is 0 Å². The zero-order valence-corrected chi connectivity index (χ0v) is 11.9. The van der Waals surface area contributed by atoms with E-state index in [4.69, 9.17) is 11.6 Å². The average molecular weight is 352 g/mol. The summed E-state index contributed by atoms with van der Waals surface area (Å²) in [6, 6.07) is 1.74. The molecule has 1 amide bonds. The van der Waals surface area contributed by atoms with Crippen molar-refractivity contribution >= 4 is 44.8 Å². The molecule has 1 aromatic carbocycles. The van der Waals surface area contributed by atoms with Crippen molar-refractivity contribution in [3.63, 3.8) is 0 Å². The molecular weight excluding hydrogens is 342 g/mol. The van der Waals surface area contributed by atoms with Gasteiger partial charge in [-0.25, -0.2) is 4.39 Å². The third-order valence-corrected chi connectivity index (χ3v) is 4.10. The van der Waals surface area contributed by atoms with Gasteiger partial charge in [-0.05, 0) is 12.0 Å². The van der Waals surface area contributed by atoms with Gasteiger partial charge in [0.25, 0.3) is 5.69 Å². The SMILES string of the molecule is O=C1CC(CBr)CN1c1c(Cl)cc(F)cc1[N+](=O)[O-]. The standard InChI is InChI=1S/C11H9BrClFN2O3/c12-4-6-1-10(17)15(5-6)11-8(13)2-7(14)3-9(11)16(18)19/h2-3,6H,1,4-5H2. The Morgan fingerprint density at radius 2 is 2.26 bits per heavy atom. The third-order valence-electron chi connectivity index (χ3n) is 2.90. The van der Waals surface area contributed by atoms with Crippen molar-refractivity contribution < 1.29 is 14.1 Å². The Bertz CT molecular complexity index is 555. The molecule has 0 saturated carbocycles. The number of anilines is 1. The van der Waals surface area contributed by atoms with Gasteiger partial charge in [-0.15, -0.1) is 0 Å². The minimum atomic E-state index is -0.802. The molecular formula is C11H9BrClFN2O3. The maximum atomic E-state index is 13.2. The number of hydrogen-bond donors (Lipinski definition) is 0. The summed E-state index contributed by atoms with van der Waals surface area (Å²) >= 11 is 9.14. The Hall–Kier alpha value is -1.21.